The lowest BCUT2D eigenvalue weighted by molar-refractivity contribution is -0.116. The third-order valence-corrected chi connectivity index (χ3v) is 9.01. The minimum atomic E-state index is -0.568. The molecule has 0 aliphatic heterocycles. The fraction of sp³-hybridized carbons (Fsp3) is 0.0789. The summed E-state index contributed by atoms with van der Waals surface area (Å²) in [7, 11) is 3.06. The Kier molecular flexibility index (Phi) is 11.9. The van der Waals surface area contributed by atoms with Crippen LogP contribution in [0, 0.1) is 3.57 Å². The summed E-state index contributed by atoms with van der Waals surface area (Å²) in [6, 6.07) is 38.2. The van der Waals surface area contributed by atoms with E-state index >= 15 is 0 Å². The van der Waals surface area contributed by atoms with E-state index in [0.29, 0.717) is 34.0 Å². The molecule has 0 fully saturated rings. The number of hydrogen-bond acceptors (Lipinski definition) is 6. The van der Waals surface area contributed by atoms with Gasteiger partial charge in [-0.05, 0) is 107 Å². The Morgan fingerprint density at radius 3 is 2.08 bits per heavy atom. The van der Waals surface area contributed by atoms with Crippen molar-refractivity contribution in [2.45, 2.75) is 10.1 Å². The van der Waals surface area contributed by atoms with Crippen molar-refractivity contribution in [1.82, 2.24) is 5.32 Å². The average Bonchev–Trinajstić information content (AvgIpc) is 3.12. The lowest BCUT2D eigenvalue weighted by atomic mass is 10.1. The quantitative estimate of drug-likeness (QED) is 0.0672. The van der Waals surface area contributed by atoms with E-state index in [1.807, 2.05) is 66.7 Å². The Bertz CT molecular complexity index is 1920. The SMILES string of the molecule is COc1ccc(/C=C(/NC(=O)c2ccccc2)C(=O)Nc2cccc(SC(C(=O)Nc3ccc(I)cc3)c3ccccc3)c2)cc1OC. The number of halogens is 1. The highest BCUT2D eigenvalue weighted by molar-refractivity contribution is 14.1. The van der Waals surface area contributed by atoms with Crippen molar-refractivity contribution in [1.29, 1.82) is 0 Å². The molecule has 0 aromatic heterocycles. The molecular formula is C38H32IN3O5S. The molecule has 0 heterocycles. The molecule has 48 heavy (non-hydrogen) atoms. The Morgan fingerprint density at radius 1 is 0.708 bits per heavy atom. The second-order valence-electron chi connectivity index (χ2n) is 10.4. The maximum atomic E-state index is 13.7. The zero-order chi connectivity index (χ0) is 33.9. The first-order valence-electron chi connectivity index (χ1n) is 14.8. The van der Waals surface area contributed by atoms with Crippen LogP contribution >= 0.6 is 34.4 Å². The van der Waals surface area contributed by atoms with Crippen LogP contribution in [0.15, 0.2) is 138 Å². The number of ether oxygens (including phenoxy) is 2. The maximum absolute atomic E-state index is 13.7. The number of rotatable bonds is 12. The van der Waals surface area contributed by atoms with E-state index in [9.17, 15) is 14.4 Å². The molecule has 0 aliphatic carbocycles. The van der Waals surface area contributed by atoms with Crippen molar-refractivity contribution in [2.75, 3.05) is 24.9 Å². The first-order valence-corrected chi connectivity index (χ1v) is 16.8. The zero-order valence-electron chi connectivity index (χ0n) is 26.1. The highest BCUT2D eigenvalue weighted by atomic mass is 127. The van der Waals surface area contributed by atoms with Crippen molar-refractivity contribution in [3.05, 3.63) is 153 Å². The van der Waals surface area contributed by atoms with Crippen LogP contribution in [0.25, 0.3) is 6.08 Å². The summed E-state index contributed by atoms with van der Waals surface area (Å²) in [5.74, 6) is -0.141. The van der Waals surface area contributed by atoms with Crippen LogP contribution in [0.4, 0.5) is 11.4 Å². The monoisotopic (exact) mass is 769 g/mol. The van der Waals surface area contributed by atoms with Gasteiger partial charge in [0.15, 0.2) is 11.5 Å². The molecule has 3 amide bonds. The van der Waals surface area contributed by atoms with Gasteiger partial charge in [0.2, 0.25) is 5.91 Å². The van der Waals surface area contributed by atoms with Crippen molar-refractivity contribution in [3.8, 4) is 11.5 Å². The number of thioether (sulfide) groups is 1. The van der Waals surface area contributed by atoms with E-state index < -0.39 is 17.1 Å². The van der Waals surface area contributed by atoms with Crippen LogP contribution in [0.3, 0.4) is 0 Å². The predicted octanol–water partition coefficient (Wildman–Crippen LogP) is 8.19. The molecule has 0 bridgehead atoms. The topological polar surface area (TPSA) is 106 Å². The van der Waals surface area contributed by atoms with Crippen molar-refractivity contribution >= 4 is 69.5 Å². The predicted molar refractivity (Wildman–Crippen MR) is 199 cm³/mol. The molecule has 5 rings (SSSR count). The summed E-state index contributed by atoms with van der Waals surface area (Å²) in [5.41, 5.74) is 3.06. The van der Waals surface area contributed by atoms with Crippen LogP contribution in [-0.2, 0) is 9.59 Å². The summed E-state index contributed by atoms with van der Waals surface area (Å²) in [4.78, 5) is 41.2. The fourth-order valence-electron chi connectivity index (χ4n) is 4.68. The standard InChI is InChI=1S/C38H32IN3O5S/c1-46-33-21-16-25(23-34(33)47-2)22-32(42-36(43)27-12-7-4-8-13-27)37(44)41-30-14-9-15-31(24-30)48-35(26-10-5-3-6-11-26)38(45)40-29-19-17-28(39)18-20-29/h3-24,35H,1-2H3,(H,40,45)(H,41,44)(H,42,43)/b32-22+. The molecule has 1 unspecified atom stereocenters. The van der Waals surface area contributed by atoms with E-state index in [2.05, 4.69) is 38.5 Å². The number of methoxy groups -OCH3 is 2. The molecule has 0 saturated heterocycles. The molecule has 8 nitrogen and oxygen atoms in total. The minimum Gasteiger partial charge on any atom is -0.493 e. The van der Waals surface area contributed by atoms with Gasteiger partial charge < -0.3 is 25.4 Å². The van der Waals surface area contributed by atoms with Crippen molar-refractivity contribution < 1.29 is 23.9 Å². The van der Waals surface area contributed by atoms with Gasteiger partial charge in [-0.1, -0.05) is 60.7 Å². The zero-order valence-corrected chi connectivity index (χ0v) is 29.1. The van der Waals surface area contributed by atoms with E-state index in [1.165, 1.54) is 26.0 Å². The van der Waals surface area contributed by atoms with Crippen molar-refractivity contribution in [3.63, 3.8) is 0 Å². The minimum absolute atomic E-state index is 0.0215. The number of carbonyl (C=O) groups is 3. The molecular weight excluding hydrogens is 737 g/mol. The molecule has 3 N–H and O–H groups in total. The van der Waals surface area contributed by atoms with Crippen LogP contribution in [-0.4, -0.2) is 31.9 Å². The number of nitrogens with one attached hydrogen (secondary N) is 3. The second-order valence-corrected chi connectivity index (χ2v) is 12.8. The van der Waals surface area contributed by atoms with Gasteiger partial charge >= 0.3 is 0 Å². The van der Waals surface area contributed by atoms with Crippen LogP contribution < -0.4 is 25.4 Å². The average molecular weight is 770 g/mol. The first kappa shape index (κ1) is 34.3. The van der Waals surface area contributed by atoms with E-state index in [4.69, 9.17) is 9.47 Å². The van der Waals surface area contributed by atoms with Gasteiger partial charge in [0, 0.05) is 25.4 Å². The number of hydrogen-bond donors (Lipinski definition) is 3. The van der Waals surface area contributed by atoms with Gasteiger partial charge in [-0.25, -0.2) is 0 Å². The van der Waals surface area contributed by atoms with Gasteiger partial charge in [0.1, 0.15) is 10.9 Å². The highest BCUT2D eigenvalue weighted by Crippen LogP contribution is 2.37. The highest BCUT2D eigenvalue weighted by Gasteiger charge is 2.23. The third-order valence-electron chi connectivity index (χ3n) is 7.05. The normalized spacial score (nSPS) is 11.6. The van der Waals surface area contributed by atoms with E-state index in [0.717, 1.165) is 14.0 Å². The summed E-state index contributed by atoms with van der Waals surface area (Å²) >= 11 is 3.59. The summed E-state index contributed by atoms with van der Waals surface area (Å²) in [6.45, 7) is 0. The lowest BCUT2D eigenvalue weighted by Gasteiger charge is -2.18. The van der Waals surface area contributed by atoms with Crippen LogP contribution in [0.1, 0.15) is 26.7 Å². The molecule has 0 saturated carbocycles. The molecule has 5 aromatic rings. The maximum Gasteiger partial charge on any atom is 0.272 e. The fourth-order valence-corrected chi connectivity index (χ4v) is 6.12. The van der Waals surface area contributed by atoms with Gasteiger partial charge in [-0.3, -0.25) is 14.4 Å². The number of anilines is 2. The van der Waals surface area contributed by atoms with E-state index in [1.54, 1.807) is 66.7 Å². The molecule has 242 valence electrons. The Hall–Kier alpha value is -5.07. The largest absolute Gasteiger partial charge is 0.493 e. The molecule has 0 aliphatic rings. The van der Waals surface area contributed by atoms with Gasteiger partial charge in [0.25, 0.3) is 11.8 Å². The van der Waals surface area contributed by atoms with Gasteiger partial charge in [-0.2, -0.15) is 0 Å². The van der Waals surface area contributed by atoms with E-state index in [-0.39, 0.29) is 11.6 Å². The van der Waals surface area contributed by atoms with Crippen LogP contribution in [0.5, 0.6) is 11.5 Å². The smallest absolute Gasteiger partial charge is 0.272 e. The molecule has 0 spiro atoms. The van der Waals surface area contributed by atoms with Crippen molar-refractivity contribution in [2.24, 2.45) is 0 Å². The first-order chi connectivity index (χ1) is 23.3. The Labute approximate surface area is 297 Å². The second kappa shape index (κ2) is 16.7. The van der Waals surface area contributed by atoms with Gasteiger partial charge in [-0.15, -0.1) is 11.8 Å². The van der Waals surface area contributed by atoms with Crippen LogP contribution in [0.2, 0.25) is 0 Å². The molecule has 0 radical (unpaired) electrons. The molecule has 10 heteroatoms. The molecule has 1 atom stereocenters. The number of carbonyl (C=O) groups excluding carboxylic acids is 3. The summed E-state index contributed by atoms with van der Waals surface area (Å²) in [6.07, 6.45) is 1.57. The summed E-state index contributed by atoms with van der Waals surface area (Å²) in [5, 5.41) is 8.12. The number of benzene rings is 5. The number of amides is 3. The molecule has 5 aromatic carbocycles. The summed E-state index contributed by atoms with van der Waals surface area (Å²) < 4.78 is 11.8. The third kappa shape index (κ3) is 9.26. The Balaban J connectivity index is 1.39. The Morgan fingerprint density at radius 2 is 1.40 bits per heavy atom. The van der Waals surface area contributed by atoms with Gasteiger partial charge in [0.05, 0.1) is 14.2 Å². The lowest BCUT2D eigenvalue weighted by Crippen LogP contribution is -2.30.